The molecule has 1 N–H and O–H groups in total. The first kappa shape index (κ1) is 17.3. The normalized spacial score (nSPS) is 17.5. The highest BCUT2D eigenvalue weighted by molar-refractivity contribution is 6.33. The molecule has 4 aromatic heterocycles. The van der Waals surface area contributed by atoms with Gasteiger partial charge in [-0.1, -0.05) is 11.6 Å². The number of ether oxygens (including phenoxy) is 1. The fourth-order valence-corrected chi connectivity index (χ4v) is 3.98. The molecule has 1 fully saturated rings. The van der Waals surface area contributed by atoms with Gasteiger partial charge in [-0.05, 0) is 31.2 Å². The van der Waals surface area contributed by atoms with Crippen LogP contribution in [0, 0.1) is 0 Å². The minimum absolute atomic E-state index is 0.228. The zero-order chi connectivity index (χ0) is 19.3. The number of rotatable bonds is 3. The molecule has 144 valence electrons. The Kier molecular flexibility index (Phi) is 4.10. The van der Waals surface area contributed by atoms with Crippen LogP contribution in [0.5, 0.6) is 0 Å². The highest BCUT2D eigenvalue weighted by Gasteiger charge is 2.25. The SMILES string of the molecule is C[C@@H]1COCCN1c1cc(-c2ccnn2C)c2c(Cl)nc(-c3ccc[nH]3)n2n1. The minimum Gasteiger partial charge on any atom is -0.377 e. The second kappa shape index (κ2) is 6.65. The van der Waals surface area contributed by atoms with Gasteiger partial charge in [-0.3, -0.25) is 4.68 Å². The molecule has 1 aliphatic heterocycles. The summed E-state index contributed by atoms with van der Waals surface area (Å²) in [6.45, 7) is 4.28. The van der Waals surface area contributed by atoms with E-state index in [-0.39, 0.29) is 6.04 Å². The maximum Gasteiger partial charge on any atom is 0.179 e. The standard InChI is InChI=1S/C19H20ClN7O/c1-12-11-28-9-8-26(12)16-10-13(15-5-7-22-25(15)2)17-18(20)23-19(27(17)24-16)14-4-3-6-21-14/h3-7,10,12,21H,8-9,11H2,1-2H3/t12-/m1/s1. The number of imidazole rings is 1. The van der Waals surface area contributed by atoms with E-state index in [1.807, 2.05) is 40.6 Å². The number of nitrogens with zero attached hydrogens (tertiary/aromatic N) is 6. The molecule has 0 saturated carbocycles. The number of aryl methyl sites for hydroxylation is 1. The molecule has 1 saturated heterocycles. The molecular formula is C19H20ClN7O. The van der Waals surface area contributed by atoms with Gasteiger partial charge in [0.2, 0.25) is 0 Å². The summed E-state index contributed by atoms with van der Waals surface area (Å²) in [5.41, 5.74) is 3.52. The summed E-state index contributed by atoms with van der Waals surface area (Å²) < 4.78 is 9.26. The number of nitrogens with one attached hydrogen (secondary N) is 1. The van der Waals surface area contributed by atoms with Gasteiger partial charge in [-0.25, -0.2) is 9.50 Å². The van der Waals surface area contributed by atoms with Crippen LogP contribution < -0.4 is 4.90 Å². The Morgan fingerprint density at radius 2 is 2.21 bits per heavy atom. The first-order chi connectivity index (χ1) is 13.6. The van der Waals surface area contributed by atoms with Crippen LogP contribution in [0.15, 0.2) is 36.7 Å². The van der Waals surface area contributed by atoms with E-state index in [2.05, 4.69) is 33.0 Å². The molecule has 0 radical (unpaired) electrons. The first-order valence-electron chi connectivity index (χ1n) is 9.19. The van der Waals surface area contributed by atoms with Crippen molar-refractivity contribution in [2.75, 3.05) is 24.7 Å². The van der Waals surface area contributed by atoms with Gasteiger partial charge in [0.25, 0.3) is 0 Å². The molecule has 5 rings (SSSR count). The van der Waals surface area contributed by atoms with Crippen LogP contribution in [-0.4, -0.2) is 55.2 Å². The van der Waals surface area contributed by atoms with Crippen LogP contribution in [0.3, 0.4) is 0 Å². The molecule has 28 heavy (non-hydrogen) atoms. The van der Waals surface area contributed by atoms with Crippen molar-refractivity contribution in [3.8, 4) is 22.8 Å². The van der Waals surface area contributed by atoms with Gasteiger partial charge < -0.3 is 14.6 Å². The molecule has 9 heteroatoms. The van der Waals surface area contributed by atoms with E-state index in [0.29, 0.717) is 24.2 Å². The predicted molar refractivity (Wildman–Crippen MR) is 108 cm³/mol. The van der Waals surface area contributed by atoms with Crippen molar-refractivity contribution in [3.05, 3.63) is 41.8 Å². The molecule has 4 aromatic rings. The van der Waals surface area contributed by atoms with Crippen LogP contribution in [0.1, 0.15) is 6.92 Å². The van der Waals surface area contributed by atoms with Gasteiger partial charge in [0.1, 0.15) is 5.52 Å². The van der Waals surface area contributed by atoms with Crippen molar-refractivity contribution in [1.82, 2.24) is 29.4 Å². The fraction of sp³-hybridized carbons (Fsp3) is 0.316. The molecule has 1 aliphatic rings. The monoisotopic (exact) mass is 397 g/mol. The maximum atomic E-state index is 6.59. The third-order valence-corrected chi connectivity index (χ3v) is 5.40. The van der Waals surface area contributed by atoms with Crippen LogP contribution >= 0.6 is 11.6 Å². The Morgan fingerprint density at radius 1 is 1.32 bits per heavy atom. The minimum atomic E-state index is 0.228. The first-order valence-corrected chi connectivity index (χ1v) is 9.57. The summed E-state index contributed by atoms with van der Waals surface area (Å²) in [5, 5.41) is 9.66. The highest BCUT2D eigenvalue weighted by atomic mass is 35.5. The average Bonchev–Trinajstić information content (AvgIpc) is 3.42. The number of H-pyrrole nitrogens is 1. The Hall–Kier alpha value is -2.84. The van der Waals surface area contributed by atoms with Crippen molar-refractivity contribution >= 4 is 22.9 Å². The number of fused-ring (bicyclic) bond motifs is 1. The van der Waals surface area contributed by atoms with E-state index >= 15 is 0 Å². The molecular weight excluding hydrogens is 378 g/mol. The van der Waals surface area contributed by atoms with Crippen molar-refractivity contribution < 1.29 is 4.74 Å². The largest absolute Gasteiger partial charge is 0.377 e. The molecule has 0 aromatic carbocycles. The van der Waals surface area contributed by atoms with E-state index < -0.39 is 0 Å². The maximum absolute atomic E-state index is 6.59. The number of aromatic amines is 1. The Bertz CT molecular complexity index is 1130. The fourth-order valence-electron chi connectivity index (χ4n) is 3.72. The Labute approximate surface area is 166 Å². The molecule has 0 spiro atoms. The lowest BCUT2D eigenvalue weighted by atomic mass is 10.1. The molecule has 5 heterocycles. The number of morpholine rings is 1. The third kappa shape index (κ3) is 2.68. The zero-order valence-corrected chi connectivity index (χ0v) is 16.4. The Morgan fingerprint density at radius 3 is 2.93 bits per heavy atom. The lowest BCUT2D eigenvalue weighted by molar-refractivity contribution is 0.0984. The summed E-state index contributed by atoms with van der Waals surface area (Å²) in [5.74, 6) is 1.54. The lowest BCUT2D eigenvalue weighted by Gasteiger charge is -2.34. The van der Waals surface area contributed by atoms with Crippen molar-refractivity contribution in [2.24, 2.45) is 7.05 Å². The number of hydrogen-bond donors (Lipinski definition) is 1. The number of halogens is 1. The number of aromatic nitrogens is 6. The molecule has 1 atom stereocenters. The van der Waals surface area contributed by atoms with Crippen LogP contribution in [0.4, 0.5) is 5.82 Å². The van der Waals surface area contributed by atoms with Crippen LogP contribution in [0.25, 0.3) is 28.3 Å². The van der Waals surface area contributed by atoms with Crippen molar-refractivity contribution in [3.63, 3.8) is 0 Å². The van der Waals surface area contributed by atoms with E-state index in [0.717, 1.165) is 34.8 Å². The zero-order valence-electron chi connectivity index (χ0n) is 15.6. The predicted octanol–water partition coefficient (Wildman–Crippen LogP) is 3.00. The Balaban J connectivity index is 1.80. The lowest BCUT2D eigenvalue weighted by Crippen LogP contribution is -2.44. The molecule has 0 aliphatic carbocycles. The van der Waals surface area contributed by atoms with E-state index in [9.17, 15) is 0 Å². The third-order valence-electron chi connectivity index (χ3n) is 5.14. The molecule has 0 unspecified atom stereocenters. The molecule has 0 bridgehead atoms. The van der Waals surface area contributed by atoms with Gasteiger partial charge in [0, 0.05) is 31.5 Å². The second-order valence-corrected chi connectivity index (χ2v) is 7.30. The topological polar surface area (TPSA) is 76.3 Å². The summed E-state index contributed by atoms with van der Waals surface area (Å²) in [7, 11) is 1.92. The van der Waals surface area contributed by atoms with E-state index in [1.54, 1.807) is 6.20 Å². The number of hydrogen-bond acceptors (Lipinski definition) is 5. The van der Waals surface area contributed by atoms with Crippen molar-refractivity contribution in [2.45, 2.75) is 13.0 Å². The molecule has 8 nitrogen and oxygen atoms in total. The van der Waals surface area contributed by atoms with E-state index in [1.165, 1.54) is 0 Å². The second-order valence-electron chi connectivity index (χ2n) is 6.94. The summed E-state index contributed by atoms with van der Waals surface area (Å²) in [4.78, 5) is 10.1. The summed E-state index contributed by atoms with van der Waals surface area (Å²) in [6.07, 6.45) is 3.64. The highest BCUT2D eigenvalue weighted by Crippen LogP contribution is 2.35. The summed E-state index contributed by atoms with van der Waals surface area (Å²) in [6, 6.07) is 8.16. The van der Waals surface area contributed by atoms with Gasteiger partial charge >= 0.3 is 0 Å². The van der Waals surface area contributed by atoms with Gasteiger partial charge in [-0.2, -0.15) is 5.10 Å². The number of anilines is 1. The quantitative estimate of drug-likeness (QED) is 0.575. The molecule has 0 amide bonds. The van der Waals surface area contributed by atoms with E-state index in [4.69, 9.17) is 21.4 Å². The van der Waals surface area contributed by atoms with Gasteiger partial charge in [0.05, 0.1) is 30.6 Å². The van der Waals surface area contributed by atoms with Crippen LogP contribution in [0.2, 0.25) is 5.15 Å². The van der Waals surface area contributed by atoms with Crippen LogP contribution in [-0.2, 0) is 11.8 Å². The summed E-state index contributed by atoms with van der Waals surface area (Å²) >= 11 is 6.59. The van der Waals surface area contributed by atoms with Gasteiger partial charge in [0.15, 0.2) is 16.8 Å². The smallest absolute Gasteiger partial charge is 0.179 e. The van der Waals surface area contributed by atoms with Crippen molar-refractivity contribution in [1.29, 1.82) is 0 Å². The average molecular weight is 398 g/mol. The van der Waals surface area contributed by atoms with Gasteiger partial charge in [-0.15, -0.1) is 5.10 Å².